The molecule has 4 nitrogen and oxygen atoms in total. The maximum absolute atomic E-state index is 11.2. The molecule has 2 rings (SSSR count). The molecule has 0 aromatic heterocycles. The van der Waals surface area contributed by atoms with E-state index < -0.39 is 5.97 Å². The van der Waals surface area contributed by atoms with Crippen LogP contribution in [0.25, 0.3) is 0 Å². The Balaban J connectivity index is 2.16. The lowest BCUT2D eigenvalue weighted by Crippen LogP contribution is -2.19. The van der Waals surface area contributed by atoms with Crippen LogP contribution in [0.5, 0.6) is 0 Å². The summed E-state index contributed by atoms with van der Waals surface area (Å²) in [6, 6.07) is 5.71. The molecule has 0 fully saturated rings. The van der Waals surface area contributed by atoms with E-state index >= 15 is 0 Å². The normalized spacial score (nSPS) is 15.7. The van der Waals surface area contributed by atoms with Crippen LogP contribution in [0, 0.1) is 5.92 Å². The van der Waals surface area contributed by atoms with Gasteiger partial charge in [-0.3, -0.25) is 9.59 Å². The predicted molar refractivity (Wildman–Crippen MR) is 70.9 cm³/mol. The van der Waals surface area contributed by atoms with E-state index in [1.165, 1.54) is 11.8 Å². The molecule has 1 atom stereocenters. The van der Waals surface area contributed by atoms with E-state index in [2.05, 4.69) is 5.32 Å². The SMILES string of the molecule is CCC(Cc1ccc2c(c1)SCC(=O)N2)C(=O)O. The molecule has 0 radical (unpaired) electrons. The summed E-state index contributed by atoms with van der Waals surface area (Å²) in [6.07, 6.45) is 1.16. The fourth-order valence-corrected chi connectivity index (χ4v) is 2.80. The van der Waals surface area contributed by atoms with Gasteiger partial charge in [-0.15, -0.1) is 11.8 Å². The molecule has 5 heteroatoms. The molecule has 1 unspecified atom stereocenters. The lowest BCUT2D eigenvalue weighted by molar-refractivity contribution is -0.141. The summed E-state index contributed by atoms with van der Waals surface area (Å²) in [4.78, 5) is 23.2. The molecule has 0 spiro atoms. The number of carbonyl (C=O) groups is 2. The number of thioether (sulfide) groups is 1. The van der Waals surface area contributed by atoms with E-state index in [1.54, 1.807) is 0 Å². The number of anilines is 1. The number of fused-ring (bicyclic) bond motifs is 1. The van der Waals surface area contributed by atoms with Gasteiger partial charge in [-0.2, -0.15) is 0 Å². The largest absolute Gasteiger partial charge is 0.481 e. The van der Waals surface area contributed by atoms with Gasteiger partial charge in [0.1, 0.15) is 0 Å². The number of carbonyl (C=O) groups excluding carboxylic acids is 1. The minimum atomic E-state index is -0.754. The molecule has 2 N–H and O–H groups in total. The first kappa shape index (κ1) is 13.0. The Bertz CT molecular complexity index is 487. The number of carboxylic acids is 1. The van der Waals surface area contributed by atoms with Gasteiger partial charge in [0.25, 0.3) is 0 Å². The molecule has 1 aliphatic heterocycles. The van der Waals surface area contributed by atoms with Gasteiger partial charge in [0.05, 0.1) is 17.4 Å². The molecular weight excluding hydrogens is 250 g/mol. The summed E-state index contributed by atoms with van der Waals surface area (Å²) in [5, 5.41) is 11.8. The topological polar surface area (TPSA) is 66.4 Å². The molecule has 1 aromatic carbocycles. The van der Waals surface area contributed by atoms with E-state index in [4.69, 9.17) is 5.11 Å². The van der Waals surface area contributed by atoms with Gasteiger partial charge < -0.3 is 10.4 Å². The zero-order valence-electron chi connectivity index (χ0n) is 10.1. The molecule has 0 bridgehead atoms. The van der Waals surface area contributed by atoms with Crippen molar-refractivity contribution in [2.24, 2.45) is 5.92 Å². The lowest BCUT2D eigenvalue weighted by Gasteiger charge is -2.18. The number of hydrogen-bond donors (Lipinski definition) is 2. The predicted octanol–water partition coefficient (Wildman–Crippen LogP) is 2.38. The Hall–Kier alpha value is -1.49. The highest BCUT2D eigenvalue weighted by atomic mass is 32.2. The van der Waals surface area contributed by atoms with Gasteiger partial charge in [-0.25, -0.2) is 0 Å². The summed E-state index contributed by atoms with van der Waals surface area (Å²) in [6.45, 7) is 1.88. The van der Waals surface area contributed by atoms with Crippen molar-refractivity contribution >= 4 is 29.3 Å². The first-order chi connectivity index (χ1) is 8.60. The molecule has 96 valence electrons. The zero-order chi connectivity index (χ0) is 13.1. The fourth-order valence-electron chi connectivity index (χ4n) is 1.94. The molecule has 0 saturated carbocycles. The van der Waals surface area contributed by atoms with Crippen molar-refractivity contribution in [1.29, 1.82) is 0 Å². The van der Waals surface area contributed by atoms with Crippen LogP contribution in [0.3, 0.4) is 0 Å². The molecule has 1 amide bonds. The van der Waals surface area contributed by atoms with Crippen LogP contribution >= 0.6 is 11.8 Å². The Morgan fingerprint density at radius 1 is 1.56 bits per heavy atom. The zero-order valence-corrected chi connectivity index (χ0v) is 10.9. The van der Waals surface area contributed by atoms with Gasteiger partial charge in [-0.1, -0.05) is 13.0 Å². The second-order valence-electron chi connectivity index (χ2n) is 4.31. The minimum Gasteiger partial charge on any atom is -0.481 e. The lowest BCUT2D eigenvalue weighted by atomic mass is 9.97. The van der Waals surface area contributed by atoms with Crippen LogP contribution in [-0.4, -0.2) is 22.7 Å². The Labute approximate surface area is 110 Å². The molecule has 0 aliphatic carbocycles. The quantitative estimate of drug-likeness (QED) is 0.877. The van der Waals surface area contributed by atoms with Crippen LogP contribution in [0.4, 0.5) is 5.69 Å². The number of aliphatic carboxylic acids is 1. The van der Waals surface area contributed by atoms with Crippen LogP contribution in [-0.2, 0) is 16.0 Å². The molecule has 1 heterocycles. The maximum atomic E-state index is 11.2. The number of carboxylic acid groups (broad SMARTS) is 1. The number of amides is 1. The van der Waals surface area contributed by atoms with Gasteiger partial charge in [0, 0.05) is 4.90 Å². The van der Waals surface area contributed by atoms with Gasteiger partial charge >= 0.3 is 5.97 Å². The first-order valence-electron chi connectivity index (χ1n) is 5.88. The molecule has 1 aliphatic rings. The average Bonchev–Trinajstić information content (AvgIpc) is 2.35. The third-order valence-corrected chi connectivity index (χ3v) is 4.06. The number of hydrogen-bond acceptors (Lipinski definition) is 3. The molecule has 0 saturated heterocycles. The smallest absolute Gasteiger partial charge is 0.306 e. The Morgan fingerprint density at radius 2 is 2.33 bits per heavy atom. The van der Waals surface area contributed by atoms with Crippen LogP contribution < -0.4 is 5.32 Å². The first-order valence-corrected chi connectivity index (χ1v) is 6.87. The summed E-state index contributed by atoms with van der Waals surface area (Å²) in [5.74, 6) is -0.660. The second-order valence-corrected chi connectivity index (χ2v) is 5.33. The van der Waals surface area contributed by atoms with Crippen molar-refractivity contribution in [1.82, 2.24) is 0 Å². The van der Waals surface area contributed by atoms with E-state index in [9.17, 15) is 9.59 Å². The van der Waals surface area contributed by atoms with E-state index in [0.717, 1.165) is 16.1 Å². The highest BCUT2D eigenvalue weighted by molar-refractivity contribution is 8.00. The average molecular weight is 265 g/mol. The van der Waals surface area contributed by atoms with E-state index in [1.807, 2.05) is 25.1 Å². The van der Waals surface area contributed by atoms with Crippen LogP contribution in [0.1, 0.15) is 18.9 Å². The third kappa shape index (κ3) is 2.85. The van der Waals surface area contributed by atoms with Crippen molar-refractivity contribution < 1.29 is 14.7 Å². The molecule has 1 aromatic rings. The molecule has 18 heavy (non-hydrogen) atoms. The van der Waals surface area contributed by atoms with Crippen molar-refractivity contribution in [2.75, 3.05) is 11.1 Å². The maximum Gasteiger partial charge on any atom is 0.306 e. The minimum absolute atomic E-state index is 0.0113. The summed E-state index contributed by atoms with van der Waals surface area (Å²) >= 11 is 1.49. The highest BCUT2D eigenvalue weighted by Gasteiger charge is 2.19. The van der Waals surface area contributed by atoms with Crippen LogP contribution in [0.15, 0.2) is 23.1 Å². The Morgan fingerprint density at radius 3 is 3.00 bits per heavy atom. The van der Waals surface area contributed by atoms with Crippen molar-refractivity contribution in [3.8, 4) is 0 Å². The monoisotopic (exact) mass is 265 g/mol. The van der Waals surface area contributed by atoms with Crippen molar-refractivity contribution in [3.05, 3.63) is 23.8 Å². The number of benzene rings is 1. The van der Waals surface area contributed by atoms with Gasteiger partial charge in [-0.05, 0) is 30.5 Å². The summed E-state index contributed by atoms with van der Waals surface area (Å²) < 4.78 is 0. The Kier molecular flexibility index (Phi) is 3.91. The molecular formula is C13H15NO3S. The van der Waals surface area contributed by atoms with Crippen molar-refractivity contribution in [3.63, 3.8) is 0 Å². The summed E-state index contributed by atoms with van der Waals surface area (Å²) in [7, 11) is 0. The van der Waals surface area contributed by atoms with Gasteiger partial charge in [0.15, 0.2) is 0 Å². The van der Waals surface area contributed by atoms with Crippen molar-refractivity contribution in [2.45, 2.75) is 24.7 Å². The van der Waals surface area contributed by atoms with E-state index in [-0.39, 0.29) is 11.8 Å². The fraction of sp³-hybridized carbons (Fsp3) is 0.385. The number of nitrogens with one attached hydrogen (secondary N) is 1. The number of rotatable bonds is 4. The highest BCUT2D eigenvalue weighted by Crippen LogP contribution is 2.32. The second kappa shape index (κ2) is 5.44. The van der Waals surface area contributed by atoms with E-state index in [0.29, 0.717) is 18.6 Å². The standard InChI is InChI=1S/C13H15NO3S/c1-2-9(13(16)17)5-8-3-4-10-11(6-8)18-7-12(15)14-10/h3-4,6,9H,2,5,7H2,1H3,(H,14,15)(H,16,17). The van der Waals surface area contributed by atoms with Gasteiger partial charge in [0.2, 0.25) is 5.91 Å². The third-order valence-electron chi connectivity index (χ3n) is 3.00. The summed E-state index contributed by atoms with van der Waals surface area (Å²) in [5.41, 5.74) is 1.83. The van der Waals surface area contributed by atoms with Crippen LogP contribution in [0.2, 0.25) is 0 Å².